The fourth-order valence-electron chi connectivity index (χ4n) is 2.54. The summed E-state index contributed by atoms with van der Waals surface area (Å²) in [5.41, 5.74) is 1.89. The molecule has 0 N–H and O–H groups in total. The molecule has 2 aromatic carbocycles. The molecule has 0 fully saturated rings. The maximum Gasteiger partial charge on any atom is 0.339 e. The fraction of sp³-hybridized carbons (Fsp3) is 0.211. The highest BCUT2D eigenvalue weighted by Gasteiger charge is 2.22. The largest absolute Gasteiger partial charge is 0.493 e. The zero-order valence-corrected chi connectivity index (χ0v) is 15.7. The van der Waals surface area contributed by atoms with Crippen LogP contribution in [0.5, 0.6) is 17.4 Å². The number of nitrogens with zero attached hydrogens (tertiary/aromatic N) is 2. The van der Waals surface area contributed by atoms with Gasteiger partial charge in [0.15, 0.2) is 17.6 Å². The minimum absolute atomic E-state index is 0.298. The molecule has 7 nitrogen and oxygen atoms in total. The molecule has 3 aromatic rings. The SMILES string of the molecule is COC(=O)C(OC)c1ccc(Oc2cnc3cc(Cl)ccc3n2)c(OC)c1. The van der Waals surface area contributed by atoms with E-state index < -0.39 is 12.1 Å². The van der Waals surface area contributed by atoms with E-state index in [0.29, 0.717) is 39.0 Å². The van der Waals surface area contributed by atoms with E-state index in [4.69, 9.17) is 30.5 Å². The van der Waals surface area contributed by atoms with Crippen molar-refractivity contribution in [1.82, 2.24) is 9.97 Å². The first-order valence-corrected chi connectivity index (χ1v) is 8.32. The van der Waals surface area contributed by atoms with Crippen LogP contribution in [0.15, 0.2) is 42.6 Å². The normalized spacial score (nSPS) is 11.9. The number of benzene rings is 2. The number of ether oxygens (including phenoxy) is 4. The number of methoxy groups -OCH3 is 3. The number of rotatable bonds is 6. The Balaban J connectivity index is 1.90. The Morgan fingerprint density at radius 3 is 2.56 bits per heavy atom. The summed E-state index contributed by atoms with van der Waals surface area (Å²) in [6.45, 7) is 0. The van der Waals surface area contributed by atoms with Crippen molar-refractivity contribution in [2.24, 2.45) is 0 Å². The van der Waals surface area contributed by atoms with E-state index in [1.807, 2.05) is 0 Å². The molecule has 0 saturated carbocycles. The third-order valence-electron chi connectivity index (χ3n) is 3.84. The highest BCUT2D eigenvalue weighted by molar-refractivity contribution is 6.31. The first kappa shape index (κ1) is 18.9. The number of aromatic nitrogens is 2. The second kappa shape index (κ2) is 8.20. The molecule has 1 atom stereocenters. The van der Waals surface area contributed by atoms with Crippen molar-refractivity contribution >= 4 is 28.6 Å². The van der Waals surface area contributed by atoms with E-state index >= 15 is 0 Å². The van der Waals surface area contributed by atoms with Gasteiger partial charge in [0.1, 0.15) is 0 Å². The lowest BCUT2D eigenvalue weighted by Crippen LogP contribution is -2.16. The third kappa shape index (κ3) is 4.10. The smallest absolute Gasteiger partial charge is 0.339 e. The van der Waals surface area contributed by atoms with E-state index in [2.05, 4.69) is 9.97 Å². The van der Waals surface area contributed by atoms with Crippen LogP contribution in [0.4, 0.5) is 0 Å². The topological polar surface area (TPSA) is 79.8 Å². The molecule has 1 aromatic heterocycles. The minimum atomic E-state index is -0.858. The lowest BCUT2D eigenvalue weighted by Gasteiger charge is -2.16. The molecule has 8 heteroatoms. The zero-order valence-electron chi connectivity index (χ0n) is 14.9. The highest BCUT2D eigenvalue weighted by Crippen LogP contribution is 2.34. The van der Waals surface area contributed by atoms with Crippen molar-refractivity contribution in [3.8, 4) is 17.4 Å². The molecule has 1 unspecified atom stereocenters. The first-order chi connectivity index (χ1) is 13.0. The lowest BCUT2D eigenvalue weighted by molar-refractivity contribution is -0.152. The molecular formula is C19H17ClN2O5. The number of carbonyl (C=O) groups excluding carboxylic acids is 1. The second-order valence-electron chi connectivity index (χ2n) is 5.49. The summed E-state index contributed by atoms with van der Waals surface area (Å²) in [6.07, 6.45) is 0.640. The van der Waals surface area contributed by atoms with Gasteiger partial charge in [0.25, 0.3) is 0 Å². The Hall–Kier alpha value is -2.90. The van der Waals surface area contributed by atoms with Crippen molar-refractivity contribution in [3.63, 3.8) is 0 Å². The van der Waals surface area contributed by atoms with Gasteiger partial charge in [-0.25, -0.2) is 14.8 Å². The number of esters is 1. The van der Waals surface area contributed by atoms with Crippen LogP contribution in [0.3, 0.4) is 0 Å². The molecule has 1 heterocycles. The van der Waals surface area contributed by atoms with Crippen molar-refractivity contribution in [3.05, 3.63) is 53.2 Å². The van der Waals surface area contributed by atoms with E-state index in [-0.39, 0.29) is 0 Å². The van der Waals surface area contributed by atoms with Gasteiger partial charge in [0, 0.05) is 12.1 Å². The quantitative estimate of drug-likeness (QED) is 0.591. The molecule has 0 aliphatic rings. The Morgan fingerprint density at radius 2 is 1.85 bits per heavy atom. The van der Waals surface area contributed by atoms with Gasteiger partial charge >= 0.3 is 5.97 Å². The van der Waals surface area contributed by atoms with E-state index in [1.54, 1.807) is 36.4 Å². The van der Waals surface area contributed by atoms with Gasteiger partial charge in [0.2, 0.25) is 5.88 Å². The number of hydrogen-bond acceptors (Lipinski definition) is 7. The molecule has 0 aliphatic heterocycles. The Labute approximate surface area is 160 Å². The van der Waals surface area contributed by atoms with Gasteiger partial charge in [0.05, 0.1) is 31.4 Å². The maximum absolute atomic E-state index is 11.8. The standard InChI is InChI=1S/C19H17ClN2O5/c1-24-16-8-11(18(25-2)19(23)26-3)4-7-15(16)27-17-10-21-14-9-12(20)5-6-13(14)22-17/h4-10,18H,1-3H3. The molecule has 140 valence electrons. The van der Waals surface area contributed by atoms with Crippen molar-refractivity contribution in [2.75, 3.05) is 21.3 Å². The van der Waals surface area contributed by atoms with Crippen LogP contribution < -0.4 is 9.47 Å². The van der Waals surface area contributed by atoms with Gasteiger partial charge in [-0.3, -0.25) is 0 Å². The van der Waals surface area contributed by atoms with Gasteiger partial charge < -0.3 is 18.9 Å². The predicted octanol–water partition coefficient (Wildman–Crippen LogP) is 3.94. The molecule has 27 heavy (non-hydrogen) atoms. The van der Waals surface area contributed by atoms with Gasteiger partial charge in [-0.15, -0.1) is 0 Å². The second-order valence-corrected chi connectivity index (χ2v) is 5.93. The number of fused-ring (bicyclic) bond motifs is 1. The van der Waals surface area contributed by atoms with E-state index in [0.717, 1.165) is 0 Å². The van der Waals surface area contributed by atoms with Gasteiger partial charge in [-0.1, -0.05) is 17.7 Å². The van der Waals surface area contributed by atoms with Crippen LogP contribution in [-0.2, 0) is 14.3 Å². The Morgan fingerprint density at radius 1 is 1.04 bits per heavy atom. The highest BCUT2D eigenvalue weighted by atomic mass is 35.5. The summed E-state index contributed by atoms with van der Waals surface area (Å²) < 4.78 is 21.1. The van der Waals surface area contributed by atoms with E-state index in [1.165, 1.54) is 27.5 Å². The Bertz CT molecular complexity index is 979. The van der Waals surface area contributed by atoms with Crippen molar-refractivity contribution < 1.29 is 23.7 Å². The predicted molar refractivity (Wildman–Crippen MR) is 99.4 cm³/mol. The minimum Gasteiger partial charge on any atom is -0.493 e. The summed E-state index contributed by atoms with van der Waals surface area (Å²) in [4.78, 5) is 20.5. The molecule has 0 radical (unpaired) electrons. The lowest BCUT2D eigenvalue weighted by atomic mass is 10.1. The van der Waals surface area contributed by atoms with Crippen LogP contribution in [-0.4, -0.2) is 37.3 Å². The summed E-state index contributed by atoms with van der Waals surface area (Å²) in [5, 5.41) is 0.584. The number of carbonyl (C=O) groups is 1. The molecular weight excluding hydrogens is 372 g/mol. The average molecular weight is 389 g/mol. The van der Waals surface area contributed by atoms with Crippen LogP contribution in [0.2, 0.25) is 5.02 Å². The fourth-order valence-corrected chi connectivity index (χ4v) is 2.70. The van der Waals surface area contributed by atoms with Crippen LogP contribution >= 0.6 is 11.6 Å². The maximum atomic E-state index is 11.8. The first-order valence-electron chi connectivity index (χ1n) is 7.94. The average Bonchev–Trinajstić information content (AvgIpc) is 2.69. The van der Waals surface area contributed by atoms with Gasteiger partial charge in [-0.05, 0) is 35.9 Å². The molecule has 0 bridgehead atoms. The molecule has 3 rings (SSSR count). The monoisotopic (exact) mass is 388 g/mol. The van der Waals surface area contributed by atoms with Crippen molar-refractivity contribution in [2.45, 2.75) is 6.10 Å². The molecule has 0 spiro atoms. The zero-order chi connectivity index (χ0) is 19.4. The third-order valence-corrected chi connectivity index (χ3v) is 4.07. The Kier molecular flexibility index (Phi) is 5.73. The van der Waals surface area contributed by atoms with Crippen LogP contribution in [0.25, 0.3) is 11.0 Å². The van der Waals surface area contributed by atoms with Crippen molar-refractivity contribution in [1.29, 1.82) is 0 Å². The number of hydrogen-bond donors (Lipinski definition) is 0. The van der Waals surface area contributed by atoms with Crippen LogP contribution in [0.1, 0.15) is 11.7 Å². The molecule has 0 amide bonds. The molecule has 0 aliphatic carbocycles. The van der Waals surface area contributed by atoms with Gasteiger partial charge in [-0.2, -0.15) is 0 Å². The summed E-state index contributed by atoms with van der Waals surface area (Å²) in [5.74, 6) is 0.624. The summed E-state index contributed by atoms with van der Waals surface area (Å²) >= 11 is 5.95. The van der Waals surface area contributed by atoms with Crippen LogP contribution in [0, 0.1) is 0 Å². The summed E-state index contributed by atoms with van der Waals surface area (Å²) in [7, 11) is 4.23. The van der Waals surface area contributed by atoms with E-state index in [9.17, 15) is 4.79 Å². The summed E-state index contributed by atoms with van der Waals surface area (Å²) in [6, 6.07) is 10.2. The molecule has 0 saturated heterocycles. The number of halogens is 1.